The summed E-state index contributed by atoms with van der Waals surface area (Å²) in [4.78, 5) is 0. The van der Waals surface area contributed by atoms with Gasteiger partial charge in [-0.05, 0) is 17.8 Å². The molecule has 7 heavy (non-hydrogen) atoms. The zero-order valence-corrected chi connectivity index (χ0v) is 4.55. The molecule has 1 heterocycles. The van der Waals surface area contributed by atoms with Gasteiger partial charge in [-0.3, -0.25) is 0 Å². The van der Waals surface area contributed by atoms with E-state index in [0.29, 0.717) is 0 Å². The van der Waals surface area contributed by atoms with Gasteiger partial charge in [-0.15, -0.1) is 0 Å². The van der Waals surface area contributed by atoms with Crippen molar-refractivity contribution >= 4 is 0 Å². The van der Waals surface area contributed by atoms with Crippen molar-refractivity contribution in [2.24, 2.45) is 17.8 Å². The average molecular weight is 98.1 g/mol. The van der Waals surface area contributed by atoms with E-state index in [4.69, 9.17) is 4.74 Å². The minimum Gasteiger partial charge on any atom is -0.381 e. The number of fused-ring (bicyclic) bond motifs is 1. The minimum atomic E-state index is 0.958. The van der Waals surface area contributed by atoms with E-state index >= 15 is 0 Å². The molecule has 0 aromatic rings. The van der Waals surface area contributed by atoms with Crippen LogP contribution in [0, 0.1) is 17.8 Å². The minimum absolute atomic E-state index is 0.958. The molecule has 0 N–H and O–H groups in total. The zero-order chi connectivity index (χ0) is 4.85. The van der Waals surface area contributed by atoms with Crippen LogP contribution >= 0.6 is 0 Å². The Morgan fingerprint density at radius 2 is 1.86 bits per heavy atom. The molecule has 0 bridgehead atoms. The average Bonchev–Trinajstić information content (AvgIpc) is 2.26. The van der Waals surface area contributed by atoms with Gasteiger partial charge in [-0.25, -0.2) is 0 Å². The van der Waals surface area contributed by atoms with Gasteiger partial charge in [0.2, 0.25) is 0 Å². The molecular formula is C6H10O. The van der Waals surface area contributed by atoms with Crippen molar-refractivity contribution < 1.29 is 4.74 Å². The molecule has 1 aliphatic carbocycles. The molecule has 2 fully saturated rings. The number of ether oxygens (including phenoxy) is 1. The quantitative estimate of drug-likeness (QED) is 0.437. The Kier molecular flexibility index (Phi) is 0.571. The van der Waals surface area contributed by atoms with Crippen molar-refractivity contribution in [3.05, 3.63) is 0 Å². The smallest absolute Gasteiger partial charge is 0.0500 e. The number of hydrogen-bond donors (Lipinski definition) is 0. The molecule has 0 amide bonds. The highest BCUT2D eigenvalue weighted by atomic mass is 16.5. The normalized spacial score (nSPS) is 57.0. The topological polar surface area (TPSA) is 9.23 Å². The first kappa shape index (κ1) is 3.90. The Labute approximate surface area is 43.7 Å². The summed E-state index contributed by atoms with van der Waals surface area (Å²) in [7, 11) is 0. The first-order chi connectivity index (χ1) is 3.39. The highest BCUT2D eigenvalue weighted by Crippen LogP contribution is 2.49. The van der Waals surface area contributed by atoms with E-state index in [-0.39, 0.29) is 0 Å². The molecule has 1 saturated heterocycles. The Hall–Kier alpha value is -0.0400. The Morgan fingerprint density at radius 1 is 1.29 bits per heavy atom. The van der Waals surface area contributed by atoms with E-state index in [1.165, 1.54) is 0 Å². The van der Waals surface area contributed by atoms with Gasteiger partial charge in [0, 0.05) is 0 Å². The van der Waals surface area contributed by atoms with Crippen molar-refractivity contribution in [1.82, 2.24) is 0 Å². The SMILES string of the molecule is C[C@@H]1[C@H]2COC[C@@H]12. The highest BCUT2D eigenvalue weighted by Gasteiger charge is 2.50. The van der Waals surface area contributed by atoms with Crippen LogP contribution in [0.4, 0.5) is 0 Å². The first-order valence-corrected chi connectivity index (χ1v) is 2.97. The van der Waals surface area contributed by atoms with Gasteiger partial charge in [0.15, 0.2) is 0 Å². The molecule has 0 unspecified atom stereocenters. The third-order valence-electron chi connectivity index (χ3n) is 2.38. The molecule has 0 radical (unpaired) electrons. The van der Waals surface area contributed by atoms with E-state index < -0.39 is 0 Å². The second kappa shape index (κ2) is 1.03. The first-order valence-electron chi connectivity index (χ1n) is 2.97. The molecule has 0 aromatic carbocycles. The lowest BCUT2D eigenvalue weighted by atomic mass is 10.4. The van der Waals surface area contributed by atoms with Gasteiger partial charge < -0.3 is 4.74 Å². The van der Waals surface area contributed by atoms with Crippen LogP contribution in [0.3, 0.4) is 0 Å². The van der Waals surface area contributed by atoms with Gasteiger partial charge in [-0.1, -0.05) is 6.92 Å². The summed E-state index contributed by atoms with van der Waals surface area (Å²) in [6, 6.07) is 0. The zero-order valence-electron chi connectivity index (χ0n) is 4.55. The van der Waals surface area contributed by atoms with E-state index in [0.717, 1.165) is 31.0 Å². The summed E-state index contributed by atoms with van der Waals surface area (Å²) in [6.07, 6.45) is 0. The van der Waals surface area contributed by atoms with Crippen molar-refractivity contribution in [3.63, 3.8) is 0 Å². The molecule has 1 heteroatoms. The van der Waals surface area contributed by atoms with E-state index in [2.05, 4.69) is 6.92 Å². The maximum atomic E-state index is 5.18. The van der Waals surface area contributed by atoms with Crippen LogP contribution in [0.5, 0.6) is 0 Å². The summed E-state index contributed by atoms with van der Waals surface area (Å²) >= 11 is 0. The molecule has 2 aliphatic rings. The number of rotatable bonds is 0. The molecular weight excluding hydrogens is 88.1 g/mol. The largest absolute Gasteiger partial charge is 0.381 e. The van der Waals surface area contributed by atoms with Gasteiger partial charge >= 0.3 is 0 Å². The third kappa shape index (κ3) is 0.367. The van der Waals surface area contributed by atoms with Crippen LogP contribution in [-0.4, -0.2) is 13.2 Å². The van der Waals surface area contributed by atoms with E-state index in [9.17, 15) is 0 Å². The van der Waals surface area contributed by atoms with Crippen LogP contribution in [0.25, 0.3) is 0 Å². The lowest BCUT2D eigenvalue weighted by Crippen LogP contribution is -1.93. The third-order valence-corrected chi connectivity index (χ3v) is 2.38. The van der Waals surface area contributed by atoms with Crippen molar-refractivity contribution in [3.8, 4) is 0 Å². The lowest BCUT2D eigenvalue weighted by molar-refractivity contribution is 0.154. The summed E-state index contributed by atoms with van der Waals surface area (Å²) in [6.45, 7) is 4.41. The number of hydrogen-bond acceptors (Lipinski definition) is 1. The van der Waals surface area contributed by atoms with E-state index in [1.807, 2.05) is 0 Å². The van der Waals surface area contributed by atoms with Gasteiger partial charge in [0.05, 0.1) is 13.2 Å². The van der Waals surface area contributed by atoms with Crippen molar-refractivity contribution in [1.29, 1.82) is 0 Å². The Morgan fingerprint density at radius 3 is 2.14 bits per heavy atom. The summed E-state index contributed by atoms with van der Waals surface area (Å²) < 4.78 is 5.18. The molecule has 2 rings (SSSR count). The van der Waals surface area contributed by atoms with Gasteiger partial charge in [-0.2, -0.15) is 0 Å². The fourth-order valence-corrected chi connectivity index (χ4v) is 1.53. The molecule has 0 spiro atoms. The van der Waals surface area contributed by atoms with E-state index in [1.54, 1.807) is 0 Å². The molecule has 0 aromatic heterocycles. The monoisotopic (exact) mass is 98.1 g/mol. The molecule has 1 nitrogen and oxygen atoms in total. The summed E-state index contributed by atoms with van der Waals surface area (Å²) in [5.41, 5.74) is 0. The standard InChI is InChI=1S/C6H10O/c1-4-5-2-7-3-6(4)5/h4-6H,2-3H2,1H3/t4-,5-,6+. The molecule has 40 valence electrons. The molecule has 1 saturated carbocycles. The van der Waals surface area contributed by atoms with Crippen LogP contribution in [0.15, 0.2) is 0 Å². The van der Waals surface area contributed by atoms with Crippen molar-refractivity contribution in [2.45, 2.75) is 6.92 Å². The van der Waals surface area contributed by atoms with Crippen LogP contribution in [0.1, 0.15) is 6.92 Å². The fourth-order valence-electron chi connectivity index (χ4n) is 1.53. The van der Waals surface area contributed by atoms with Crippen LogP contribution in [0.2, 0.25) is 0 Å². The van der Waals surface area contributed by atoms with Crippen molar-refractivity contribution in [2.75, 3.05) is 13.2 Å². The van der Waals surface area contributed by atoms with Crippen LogP contribution in [-0.2, 0) is 4.74 Å². The molecule has 1 aliphatic heterocycles. The van der Waals surface area contributed by atoms with Crippen LogP contribution < -0.4 is 0 Å². The van der Waals surface area contributed by atoms with Gasteiger partial charge in [0.1, 0.15) is 0 Å². The van der Waals surface area contributed by atoms with Gasteiger partial charge in [0.25, 0.3) is 0 Å². The maximum absolute atomic E-state index is 5.18. The lowest BCUT2D eigenvalue weighted by Gasteiger charge is -1.93. The second-order valence-corrected chi connectivity index (χ2v) is 2.72. The summed E-state index contributed by atoms with van der Waals surface area (Å²) in [5.74, 6) is 2.91. The highest BCUT2D eigenvalue weighted by molar-refractivity contribution is 4.97. The maximum Gasteiger partial charge on any atom is 0.0500 e. The predicted molar refractivity (Wildman–Crippen MR) is 27.0 cm³/mol. The predicted octanol–water partition coefficient (Wildman–Crippen LogP) is 0.899. The second-order valence-electron chi connectivity index (χ2n) is 2.72. The fraction of sp³-hybridized carbons (Fsp3) is 1.00. The Balaban J connectivity index is 2.06. The summed E-state index contributed by atoms with van der Waals surface area (Å²) in [5, 5.41) is 0. The molecule has 3 atom stereocenters. The Bertz CT molecular complexity index is 80.2.